The molecule has 2 aliphatic heterocycles. The lowest BCUT2D eigenvalue weighted by Crippen LogP contribution is -2.46. The Bertz CT molecular complexity index is 811. The molecule has 7 nitrogen and oxygen atoms in total. The van der Waals surface area contributed by atoms with Crippen molar-refractivity contribution in [2.24, 2.45) is 0 Å². The molecule has 2 bridgehead atoms. The Hall–Kier alpha value is -2.96. The van der Waals surface area contributed by atoms with Gasteiger partial charge in [0.15, 0.2) is 0 Å². The highest BCUT2D eigenvalue weighted by Crippen LogP contribution is 2.42. The third-order valence-corrected chi connectivity index (χ3v) is 5.00. The number of carbonyl (C=O) groups is 2. The zero-order valence-corrected chi connectivity index (χ0v) is 14.3. The molecule has 1 saturated heterocycles. The van der Waals surface area contributed by atoms with E-state index >= 15 is 0 Å². The van der Waals surface area contributed by atoms with E-state index in [9.17, 15) is 9.59 Å². The smallest absolute Gasteiger partial charge is 0.407 e. The van der Waals surface area contributed by atoms with Crippen molar-refractivity contribution >= 4 is 12.0 Å². The molecular weight excluding hydrogens is 332 g/mol. The summed E-state index contributed by atoms with van der Waals surface area (Å²) in [5, 5.41) is 2.56. The molecule has 0 saturated carbocycles. The van der Waals surface area contributed by atoms with Crippen LogP contribution in [-0.4, -0.2) is 39.5 Å². The number of ether oxygens (including phenoxy) is 1. The Labute approximate surface area is 151 Å². The molecule has 2 aliphatic rings. The van der Waals surface area contributed by atoms with Crippen molar-refractivity contribution in [2.45, 2.75) is 38.0 Å². The Morgan fingerprint density at radius 2 is 2.08 bits per heavy atom. The van der Waals surface area contributed by atoms with E-state index in [0.29, 0.717) is 0 Å². The molecule has 1 fully saturated rings. The molecule has 2 aromatic rings. The second-order valence-corrected chi connectivity index (χ2v) is 6.59. The lowest BCUT2D eigenvalue weighted by molar-refractivity contribution is -0.133. The molecule has 7 heteroatoms. The molecule has 26 heavy (non-hydrogen) atoms. The number of carbonyl (C=O) groups excluding carboxylic acids is 2. The number of fused-ring (bicyclic) bond motifs is 4. The Morgan fingerprint density at radius 1 is 1.23 bits per heavy atom. The van der Waals surface area contributed by atoms with Crippen molar-refractivity contribution in [2.75, 3.05) is 6.54 Å². The maximum Gasteiger partial charge on any atom is 0.407 e. The fraction of sp³-hybridized carbons (Fsp3) is 0.368. The van der Waals surface area contributed by atoms with Crippen LogP contribution in [0.5, 0.6) is 0 Å². The first kappa shape index (κ1) is 16.5. The zero-order chi connectivity index (χ0) is 17.9. The van der Waals surface area contributed by atoms with E-state index in [1.54, 1.807) is 12.5 Å². The van der Waals surface area contributed by atoms with Gasteiger partial charge in [-0.15, -0.1) is 0 Å². The summed E-state index contributed by atoms with van der Waals surface area (Å²) in [5.74, 6) is -0.0938. The molecule has 3 heterocycles. The lowest BCUT2D eigenvalue weighted by atomic mass is 9.99. The van der Waals surface area contributed by atoms with E-state index in [0.717, 1.165) is 36.1 Å². The number of rotatable bonds is 4. The van der Waals surface area contributed by atoms with E-state index in [1.165, 1.54) is 0 Å². The van der Waals surface area contributed by atoms with Crippen molar-refractivity contribution in [1.82, 2.24) is 20.2 Å². The number of amides is 2. The Kier molecular flexibility index (Phi) is 4.51. The summed E-state index contributed by atoms with van der Waals surface area (Å²) in [6.07, 6.45) is 5.38. The van der Waals surface area contributed by atoms with Crippen LogP contribution in [0.15, 0.2) is 42.9 Å². The van der Waals surface area contributed by atoms with Crippen molar-refractivity contribution in [3.05, 3.63) is 59.7 Å². The topological polar surface area (TPSA) is 84.4 Å². The Balaban J connectivity index is 1.32. The number of nitrogens with zero attached hydrogens (tertiary/aromatic N) is 3. The van der Waals surface area contributed by atoms with Crippen LogP contribution >= 0.6 is 0 Å². The van der Waals surface area contributed by atoms with E-state index in [2.05, 4.69) is 15.3 Å². The highest BCUT2D eigenvalue weighted by Gasteiger charge is 2.43. The fourth-order valence-electron chi connectivity index (χ4n) is 3.82. The molecule has 0 radical (unpaired) electrons. The largest absolute Gasteiger partial charge is 0.445 e. The summed E-state index contributed by atoms with van der Waals surface area (Å²) >= 11 is 0. The molecule has 2 amide bonds. The Morgan fingerprint density at radius 3 is 2.92 bits per heavy atom. The summed E-state index contributed by atoms with van der Waals surface area (Å²) in [6, 6.07) is 9.59. The highest BCUT2D eigenvalue weighted by molar-refractivity contribution is 5.83. The van der Waals surface area contributed by atoms with Gasteiger partial charge in [0.05, 0.1) is 11.7 Å². The van der Waals surface area contributed by atoms with Gasteiger partial charge in [-0.3, -0.25) is 4.79 Å². The van der Waals surface area contributed by atoms with Gasteiger partial charge in [-0.05, 0) is 18.4 Å². The molecule has 0 spiro atoms. The number of aromatic nitrogens is 2. The van der Waals surface area contributed by atoms with Crippen LogP contribution in [0.2, 0.25) is 0 Å². The van der Waals surface area contributed by atoms with Gasteiger partial charge in [0.25, 0.3) is 0 Å². The minimum atomic E-state index is -0.588. The SMILES string of the molecule is O=C(NCC(=O)N1[C@H]2CC[C@H]1c1cncnc1C2)OCc1ccccc1. The summed E-state index contributed by atoms with van der Waals surface area (Å²) in [6.45, 7) is 0.115. The van der Waals surface area contributed by atoms with E-state index in [4.69, 9.17) is 4.74 Å². The standard InChI is InChI=1S/C19H20N4O3/c24-18(10-21-19(25)26-11-13-4-2-1-3-5-13)23-14-6-7-17(23)15-9-20-12-22-16(15)8-14/h1-5,9,12,14,17H,6-8,10-11H2,(H,21,25)/t14-,17-/m0/s1. The molecular formula is C19H20N4O3. The first-order valence-corrected chi connectivity index (χ1v) is 8.77. The summed E-state index contributed by atoms with van der Waals surface area (Å²) in [4.78, 5) is 34.8. The number of benzene rings is 1. The first-order chi connectivity index (χ1) is 12.7. The first-order valence-electron chi connectivity index (χ1n) is 8.77. The predicted molar refractivity (Wildman–Crippen MR) is 93.0 cm³/mol. The van der Waals surface area contributed by atoms with Crippen molar-refractivity contribution in [3.8, 4) is 0 Å². The minimum Gasteiger partial charge on any atom is -0.445 e. The molecule has 1 aromatic heterocycles. The third kappa shape index (κ3) is 3.24. The third-order valence-electron chi connectivity index (χ3n) is 5.00. The maximum absolute atomic E-state index is 12.7. The normalized spacial score (nSPS) is 20.4. The number of nitrogens with one attached hydrogen (secondary N) is 1. The monoisotopic (exact) mass is 352 g/mol. The van der Waals surface area contributed by atoms with Crippen molar-refractivity contribution in [1.29, 1.82) is 0 Å². The van der Waals surface area contributed by atoms with E-state index in [-0.39, 0.29) is 31.1 Å². The van der Waals surface area contributed by atoms with Crippen LogP contribution in [0.3, 0.4) is 0 Å². The van der Waals surface area contributed by atoms with Crippen LogP contribution in [0.1, 0.15) is 35.7 Å². The highest BCUT2D eigenvalue weighted by atomic mass is 16.5. The van der Waals surface area contributed by atoms with Gasteiger partial charge in [0.1, 0.15) is 19.5 Å². The number of alkyl carbamates (subject to hydrolysis) is 1. The second kappa shape index (κ2) is 7.11. The van der Waals surface area contributed by atoms with Crippen LogP contribution in [-0.2, 0) is 22.6 Å². The van der Waals surface area contributed by atoms with Crippen LogP contribution in [0.25, 0.3) is 0 Å². The van der Waals surface area contributed by atoms with Gasteiger partial charge in [-0.1, -0.05) is 30.3 Å². The fourth-order valence-corrected chi connectivity index (χ4v) is 3.82. The molecule has 0 aliphatic carbocycles. The van der Waals surface area contributed by atoms with E-state index in [1.807, 2.05) is 35.2 Å². The molecule has 2 atom stereocenters. The van der Waals surface area contributed by atoms with Gasteiger partial charge in [0, 0.05) is 24.2 Å². The average Bonchev–Trinajstić information content (AvgIpc) is 3.00. The van der Waals surface area contributed by atoms with Crippen LogP contribution in [0, 0.1) is 0 Å². The van der Waals surface area contributed by atoms with Gasteiger partial charge < -0.3 is 15.0 Å². The van der Waals surface area contributed by atoms with Gasteiger partial charge in [-0.25, -0.2) is 14.8 Å². The zero-order valence-electron chi connectivity index (χ0n) is 14.3. The molecule has 1 aromatic carbocycles. The van der Waals surface area contributed by atoms with E-state index < -0.39 is 6.09 Å². The lowest BCUT2D eigenvalue weighted by Gasteiger charge is -2.35. The van der Waals surface area contributed by atoms with Crippen LogP contribution < -0.4 is 5.32 Å². The van der Waals surface area contributed by atoms with Crippen molar-refractivity contribution < 1.29 is 14.3 Å². The van der Waals surface area contributed by atoms with Crippen molar-refractivity contribution in [3.63, 3.8) is 0 Å². The average molecular weight is 352 g/mol. The minimum absolute atomic E-state index is 0.0135. The number of hydrogen-bond donors (Lipinski definition) is 1. The number of hydrogen-bond acceptors (Lipinski definition) is 5. The quantitative estimate of drug-likeness (QED) is 0.910. The molecule has 4 rings (SSSR count). The second-order valence-electron chi connectivity index (χ2n) is 6.59. The predicted octanol–water partition coefficient (Wildman–Crippen LogP) is 1.99. The van der Waals surface area contributed by atoms with Gasteiger partial charge in [-0.2, -0.15) is 0 Å². The maximum atomic E-state index is 12.7. The van der Waals surface area contributed by atoms with Gasteiger partial charge >= 0.3 is 6.09 Å². The summed E-state index contributed by atoms with van der Waals surface area (Å²) < 4.78 is 5.15. The summed E-state index contributed by atoms with van der Waals surface area (Å²) in [5.41, 5.74) is 2.97. The molecule has 1 N–H and O–H groups in total. The molecule has 134 valence electrons. The van der Waals surface area contributed by atoms with Gasteiger partial charge in [0.2, 0.25) is 5.91 Å². The molecule has 0 unspecified atom stereocenters. The summed E-state index contributed by atoms with van der Waals surface area (Å²) in [7, 11) is 0. The van der Waals surface area contributed by atoms with Crippen LogP contribution in [0.4, 0.5) is 4.79 Å².